The van der Waals surface area contributed by atoms with Gasteiger partial charge in [0.1, 0.15) is 11.8 Å². The molecule has 0 radical (unpaired) electrons. The minimum atomic E-state index is -0.548. The van der Waals surface area contributed by atoms with Gasteiger partial charge >= 0.3 is 0 Å². The maximum atomic E-state index is 13.0. The molecule has 0 aliphatic rings. The molecule has 6 heteroatoms. The summed E-state index contributed by atoms with van der Waals surface area (Å²) in [6.45, 7) is 4.80. The SMILES string of the molecule is CCCCNC(=O)C(CC)N(Cc1ccccc1)C(=O)COc1ccc(Cl)cc1. The molecule has 0 aliphatic heterocycles. The van der Waals surface area contributed by atoms with Crippen LogP contribution in [0.2, 0.25) is 5.02 Å². The number of halogens is 1. The van der Waals surface area contributed by atoms with E-state index in [9.17, 15) is 9.59 Å². The van der Waals surface area contributed by atoms with Crippen LogP contribution >= 0.6 is 11.6 Å². The molecular formula is C23H29ClN2O3. The van der Waals surface area contributed by atoms with Crippen molar-refractivity contribution in [3.63, 3.8) is 0 Å². The Morgan fingerprint density at radius 2 is 1.76 bits per heavy atom. The standard InChI is InChI=1S/C23H29ClN2O3/c1-3-5-15-25-23(28)21(4-2)26(16-18-9-7-6-8-10-18)22(27)17-29-20-13-11-19(24)12-14-20/h6-14,21H,3-5,15-17H2,1-2H3,(H,25,28). The van der Waals surface area contributed by atoms with E-state index in [1.54, 1.807) is 29.2 Å². The first kappa shape index (κ1) is 22.8. The lowest BCUT2D eigenvalue weighted by atomic mass is 10.1. The van der Waals surface area contributed by atoms with Gasteiger partial charge in [0.25, 0.3) is 5.91 Å². The summed E-state index contributed by atoms with van der Waals surface area (Å²) in [5, 5.41) is 3.55. The van der Waals surface area contributed by atoms with Gasteiger partial charge in [-0.05, 0) is 42.7 Å². The first-order valence-corrected chi connectivity index (χ1v) is 10.4. The second-order valence-electron chi connectivity index (χ2n) is 6.82. The summed E-state index contributed by atoms with van der Waals surface area (Å²) < 4.78 is 5.63. The monoisotopic (exact) mass is 416 g/mol. The third-order valence-corrected chi connectivity index (χ3v) is 4.84. The van der Waals surface area contributed by atoms with Gasteiger partial charge in [-0.2, -0.15) is 0 Å². The number of unbranched alkanes of at least 4 members (excludes halogenated alkanes) is 1. The number of nitrogens with one attached hydrogen (secondary N) is 1. The molecule has 2 rings (SSSR count). The largest absolute Gasteiger partial charge is 0.484 e. The Hall–Kier alpha value is -2.53. The molecule has 156 valence electrons. The van der Waals surface area contributed by atoms with Gasteiger partial charge in [-0.1, -0.05) is 62.2 Å². The Morgan fingerprint density at radius 1 is 1.07 bits per heavy atom. The molecule has 0 spiro atoms. The number of hydrogen-bond donors (Lipinski definition) is 1. The number of ether oxygens (including phenoxy) is 1. The zero-order chi connectivity index (χ0) is 21.1. The van der Waals surface area contributed by atoms with Crippen LogP contribution in [0.4, 0.5) is 0 Å². The van der Waals surface area contributed by atoms with E-state index in [1.165, 1.54) is 0 Å². The fourth-order valence-corrected chi connectivity index (χ4v) is 3.09. The lowest BCUT2D eigenvalue weighted by Crippen LogP contribution is -2.50. The van der Waals surface area contributed by atoms with Crippen LogP contribution in [0.25, 0.3) is 0 Å². The predicted molar refractivity (Wildman–Crippen MR) is 116 cm³/mol. The van der Waals surface area contributed by atoms with Crippen molar-refractivity contribution in [2.75, 3.05) is 13.2 Å². The average molecular weight is 417 g/mol. The molecule has 0 aromatic heterocycles. The summed E-state index contributed by atoms with van der Waals surface area (Å²) in [6, 6.07) is 16.0. The molecule has 2 aromatic rings. The maximum absolute atomic E-state index is 13.0. The zero-order valence-electron chi connectivity index (χ0n) is 17.1. The second-order valence-corrected chi connectivity index (χ2v) is 7.25. The van der Waals surface area contributed by atoms with Crippen molar-refractivity contribution in [2.45, 2.75) is 45.7 Å². The van der Waals surface area contributed by atoms with Gasteiger partial charge in [0.2, 0.25) is 5.91 Å². The molecule has 0 bridgehead atoms. The lowest BCUT2D eigenvalue weighted by molar-refractivity contribution is -0.143. The van der Waals surface area contributed by atoms with Crippen LogP contribution in [0.15, 0.2) is 54.6 Å². The molecular weight excluding hydrogens is 388 g/mol. The van der Waals surface area contributed by atoms with E-state index in [0.717, 1.165) is 18.4 Å². The van der Waals surface area contributed by atoms with Gasteiger partial charge < -0.3 is 15.0 Å². The summed E-state index contributed by atoms with van der Waals surface area (Å²) >= 11 is 5.89. The van der Waals surface area contributed by atoms with E-state index < -0.39 is 6.04 Å². The highest BCUT2D eigenvalue weighted by Crippen LogP contribution is 2.17. The van der Waals surface area contributed by atoms with E-state index in [1.807, 2.05) is 37.3 Å². The van der Waals surface area contributed by atoms with E-state index in [2.05, 4.69) is 12.2 Å². The quantitative estimate of drug-likeness (QED) is 0.551. The zero-order valence-corrected chi connectivity index (χ0v) is 17.8. The minimum absolute atomic E-state index is 0.128. The van der Waals surface area contributed by atoms with Crippen molar-refractivity contribution in [2.24, 2.45) is 0 Å². The van der Waals surface area contributed by atoms with Crippen molar-refractivity contribution in [3.8, 4) is 5.75 Å². The van der Waals surface area contributed by atoms with E-state index in [-0.39, 0.29) is 18.4 Å². The second kappa shape index (κ2) is 12.1. The maximum Gasteiger partial charge on any atom is 0.261 e. The van der Waals surface area contributed by atoms with E-state index in [4.69, 9.17) is 16.3 Å². The van der Waals surface area contributed by atoms with Gasteiger partial charge in [0, 0.05) is 18.1 Å². The highest BCUT2D eigenvalue weighted by atomic mass is 35.5. The van der Waals surface area contributed by atoms with Gasteiger partial charge in [0.15, 0.2) is 6.61 Å². The summed E-state index contributed by atoms with van der Waals surface area (Å²) in [4.78, 5) is 27.4. The first-order chi connectivity index (χ1) is 14.0. The number of nitrogens with zero attached hydrogens (tertiary/aromatic N) is 1. The van der Waals surface area contributed by atoms with Crippen LogP contribution in [0.5, 0.6) is 5.75 Å². The van der Waals surface area contributed by atoms with Crippen LogP contribution in [0.1, 0.15) is 38.7 Å². The number of hydrogen-bond acceptors (Lipinski definition) is 3. The Bertz CT molecular complexity index is 765. The minimum Gasteiger partial charge on any atom is -0.484 e. The molecule has 0 fully saturated rings. The molecule has 29 heavy (non-hydrogen) atoms. The molecule has 0 saturated heterocycles. The highest BCUT2D eigenvalue weighted by Gasteiger charge is 2.28. The fourth-order valence-electron chi connectivity index (χ4n) is 2.96. The summed E-state index contributed by atoms with van der Waals surface area (Å²) in [5.74, 6) is 0.195. The van der Waals surface area contributed by atoms with Crippen molar-refractivity contribution in [1.29, 1.82) is 0 Å². The number of carbonyl (C=O) groups is 2. The summed E-state index contributed by atoms with van der Waals surface area (Å²) in [7, 11) is 0. The molecule has 5 nitrogen and oxygen atoms in total. The van der Waals surface area contributed by atoms with Crippen molar-refractivity contribution in [1.82, 2.24) is 10.2 Å². The van der Waals surface area contributed by atoms with Gasteiger partial charge in [-0.25, -0.2) is 0 Å². The lowest BCUT2D eigenvalue weighted by Gasteiger charge is -2.30. The summed E-state index contributed by atoms with van der Waals surface area (Å²) in [5.41, 5.74) is 0.965. The van der Waals surface area contributed by atoms with Crippen LogP contribution in [-0.4, -0.2) is 35.9 Å². The molecule has 2 aromatic carbocycles. The third kappa shape index (κ3) is 7.42. The molecule has 0 aliphatic carbocycles. The van der Waals surface area contributed by atoms with Crippen LogP contribution in [-0.2, 0) is 16.1 Å². The molecule has 0 saturated carbocycles. The Kier molecular flexibility index (Phi) is 9.51. The van der Waals surface area contributed by atoms with Gasteiger partial charge in [0.05, 0.1) is 0 Å². The molecule has 1 N–H and O–H groups in total. The average Bonchev–Trinajstić information content (AvgIpc) is 2.74. The summed E-state index contributed by atoms with van der Waals surface area (Å²) in [6.07, 6.45) is 2.44. The van der Waals surface area contributed by atoms with Crippen LogP contribution < -0.4 is 10.1 Å². The van der Waals surface area contributed by atoms with Crippen molar-refractivity contribution < 1.29 is 14.3 Å². The Balaban J connectivity index is 2.12. The van der Waals surface area contributed by atoms with Gasteiger partial charge in [-0.3, -0.25) is 9.59 Å². The molecule has 1 unspecified atom stereocenters. The smallest absolute Gasteiger partial charge is 0.261 e. The Morgan fingerprint density at radius 3 is 2.38 bits per heavy atom. The number of carbonyl (C=O) groups excluding carboxylic acids is 2. The number of benzene rings is 2. The highest BCUT2D eigenvalue weighted by molar-refractivity contribution is 6.30. The number of rotatable bonds is 11. The number of amides is 2. The molecule has 0 heterocycles. The topological polar surface area (TPSA) is 58.6 Å². The first-order valence-electron chi connectivity index (χ1n) is 10.0. The van der Waals surface area contributed by atoms with Crippen molar-refractivity contribution in [3.05, 3.63) is 65.2 Å². The van der Waals surface area contributed by atoms with Gasteiger partial charge in [-0.15, -0.1) is 0 Å². The van der Waals surface area contributed by atoms with E-state index >= 15 is 0 Å². The Labute approximate surface area is 178 Å². The predicted octanol–water partition coefficient (Wildman–Crippen LogP) is 4.44. The van der Waals surface area contributed by atoms with E-state index in [0.29, 0.717) is 30.3 Å². The fraction of sp³-hybridized carbons (Fsp3) is 0.391. The molecule has 2 amide bonds. The third-order valence-electron chi connectivity index (χ3n) is 4.59. The normalized spacial score (nSPS) is 11.6. The van der Waals surface area contributed by atoms with Crippen molar-refractivity contribution >= 4 is 23.4 Å². The van der Waals surface area contributed by atoms with Crippen LogP contribution in [0, 0.1) is 0 Å². The van der Waals surface area contributed by atoms with Crippen LogP contribution in [0.3, 0.4) is 0 Å². The molecule has 1 atom stereocenters.